The van der Waals surface area contributed by atoms with E-state index in [0.717, 1.165) is 37.1 Å². The van der Waals surface area contributed by atoms with E-state index in [-0.39, 0.29) is 17.3 Å². The van der Waals surface area contributed by atoms with Gasteiger partial charge in [0.2, 0.25) is 0 Å². The highest BCUT2D eigenvalue weighted by Gasteiger charge is 2.25. The zero-order valence-corrected chi connectivity index (χ0v) is 17.5. The monoisotopic (exact) mass is 413 g/mol. The van der Waals surface area contributed by atoms with E-state index in [0.29, 0.717) is 40.3 Å². The highest BCUT2D eigenvalue weighted by molar-refractivity contribution is 7.20. The first kappa shape index (κ1) is 19.8. The first-order valence-corrected chi connectivity index (χ1v) is 10.9. The van der Waals surface area contributed by atoms with E-state index < -0.39 is 0 Å². The maximum absolute atomic E-state index is 13.5. The zero-order chi connectivity index (χ0) is 20.5. The predicted molar refractivity (Wildman–Crippen MR) is 113 cm³/mol. The Hall–Kier alpha value is -2.54. The molecule has 4 rings (SSSR count). The van der Waals surface area contributed by atoms with E-state index in [1.54, 1.807) is 15.5 Å². The van der Waals surface area contributed by atoms with Gasteiger partial charge in [-0.25, -0.2) is 9.37 Å². The lowest BCUT2D eigenvalue weighted by Crippen LogP contribution is -2.30. The molecule has 152 valence electrons. The van der Waals surface area contributed by atoms with E-state index in [1.165, 1.54) is 23.5 Å². The second-order valence-corrected chi connectivity index (χ2v) is 8.48. The van der Waals surface area contributed by atoms with Crippen molar-refractivity contribution in [2.24, 2.45) is 0 Å². The van der Waals surface area contributed by atoms with E-state index in [4.69, 9.17) is 4.98 Å². The van der Waals surface area contributed by atoms with E-state index in [9.17, 15) is 14.0 Å². The van der Waals surface area contributed by atoms with Gasteiger partial charge >= 0.3 is 0 Å². The van der Waals surface area contributed by atoms with Gasteiger partial charge < -0.3 is 4.90 Å². The summed E-state index contributed by atoms with van der Waals surface area (Å²) >= 11 is 1.29. The van der Waals surface area contributed by atoms with Crippen LogP contribution in [0.2, 0.25) is 0 Å². The number of carbonyl (C=O) groups is 1. The summed E-state index contributed by atoms with van der Waals surface area (Å²) in [5, 5.41) is 0.561. The van der Waals surface area contributed by atoms with Gasteiger partial charge in [-0.15, -0.1) is 11.3 Å². The largest absolute Gasteiger partial charge is 0.334 e. The summed E-state index contributed by atoms with van der Waals surface area (Å²) in [4.78, 5) is 34.0. The summed E-state index contributed by atoms with van der Waals surface area (Å²) < 4.78 is 15.3. The third kappa shape index (κ3) is 3.71. The molecule has 0 saturated carbocycles. The number of rotatable bonds is 4. The van der Waals surface area contributed by atoms with Crippen molar-refractivity contribution in [1.29, 1.82) is 0 Å². The van der Waals surface area contributed by atoms with Crippen LogP contribution in [0.3, 0.4) is 0 Å². The Morgan fingerprint density at radius 3 is 2.90 bits per heavy atom. The molecule has 1 aromatic carbocycles. The number of nitrogens with zero attached hydrogens (tertiary/aromatic N) is 3. The molecule has 1 amide bonds. The fraction of sp³-hybridized carbons (Fsp3) is 0.409. The van der Waals surface area contributed by atoms with Crippen molar-refractivity contribution < 1.29 is 9.18 Å². The molecule has 0 spiro atoms. The number of carbonyl (C=O) groups excluding carboxylic acids is 1. The molecule has 0 radical (unpaired) electrons. The number of halogens is 1. The molecule has 1 aliphatic heterocycles. The standard InChI is InChI=1S/C22H24FN3O2S/c1-3-25(13-15-8-7-9-16(23)12-15)22(28)19-14(2)18-20(29-19)24-17-10-5-4-6-11-26(17)21(18)27/h7-9,12H,3-6,10-11,13H2,1-2H3. The van der Waals surface area contributed by atoms with Gasteiger partial charge in [-0.3, -0.25) is 14.2 Å². The maximum atomic E-state index is 13.5. The van der Waals surface area contributed by atoms with Crippen molar-refractivity contribution in [3.05, 3.63) is 62.3 Å². The Balaban J connectivity index is 1.73. The Morgan fingerprint density at radius 2 is 2.14 bits per heavy atom. The van der Waals surface area contributed by atoms with Crippen molar-refractivity contribution in [3.63, 3.8) is 0 Å². The topological polar surface area (TPSA) is 55.2 Å². The van der Waals surface area contributed by atoms with Gasteiger partial charge in [0.05, 0.1) is 10.3 Å². The third-order valence-electron chi connectivity index (χ3n) is 5.54. The number of hydrogen-bond acceptors (Lipinski definition) is 4. The van der Waals surface area contributed by atoms with Crippen LogP contribution in [0.4, 0.5) is 4.39 Å². The van der Waals surface area contributed by atoms with E-state index in [1.807, 2.05) is 19.9 Å². The van der Waals surface area contributed by atoms with Gasteiger partial charge in [-0.1, -0.05) is 18.6 Å². The molecular formula is C22H24FN3O2S. The van der Waals surface area contributed by atoms with Gasteiger partial charge in [-0.05, 0) is 49.9 Å². The summed E-state index contributed by atoms with van der Waals surface area (Å²) in [6.07, 6.45) is 3.91. The highest BCUT2D eigenvalue weighted by atomic mass is 32.1. The first-order valence-electron chi connectivity index (χ1n) is 10.1. The maximum Gasteiger partial charge on any atom is 0.264 e. The molecule has 0 unspecified atom stereocenters. The Morgan fingerprint density at radius 1 is 1.31 bits per heavy atom. The summed E-state index contributed by atoms with van der Waals surface area (Å²) in [5.74, 6) is 0.368. The van der Waals surface area contributed by atoms with Crippen molar-refractivity contribution in [2.45, 2.75) is 52.6 Å². The average molecular weight is 414 g/mol. The number of thiophene rings is 1. The van der Waals surface area contributed by atoms with Gasteiger partial charge in [0.1, 0.15) is 16.5 Å². The molecule has 29 heavy (non-hydrogen) atoms. The van der Waals surface area contributed by atoms with Crippen molar-refractivity contribution in [3.8, 4) is 0 Å². The molecule has 0 aliphatic carbocycles. The quantitative estimate of drug-likeness (QED) is 0.641. The van der Waals surface area contributed by atoms with Crippen LogP contribution in [0.5, 0.6) is 0 Å². The molecule has 5 nitrogen and oxygen atoms in total. The van der Waals surface area contributed by atoms with Crippen LogP contribution in [-0.4, -0.2) is 26.9 Å². The molecule has 0 atom stereocenters. The van der Waals surface area contributed by atoms with Crippen molar-refractivity contribution in [2.75, 3.05) is 6.54 Å². The lowest BCUT2D eigenvalue weighted by molar-refractivity contribution is 0.0756. The minimum atomic E-state index is -0.317. The summed E-state index contributed by atoms with van der Waals surface area (Å²) in [5.41, 5.74) is 1.40. The highest BCUT2D eigenvalue weighted by Crippen LogP contribution is 2.29. The molecule has 3 heterocycles. The number of aromatic nitrogens is 2. The van der Waals surface area contributed by atoms with Gasteiger partial charge in [0, 0.05) is 26.1 Å². The van der Waals surface area contributed by atoms with Gasteiger partial charge in [0.25, 0.3) is 11.5 Å². The molecule has 0 fully saturated rings. The van der Waals surface area contributed by atoms with Gasteiger partial charge in [0.15, 0.2) is 0 Å². The first-order chi connectivity index (χ1) is 14.0. The lowest BCUT2D eigenvalue weighted by atomic mass is 10.1. The van der Waals surface area contributed by atoms with E-state index in [2.05, 4.69) is 0 Å². The lowest BCUT2D eigenvalue weighted by Gasteiger charge is -2.20. The Kier molecular flexibility index (Phi) is 5.50. The zero-order valence-electron chi connectivity index (χ0n) is 16.7. The van der Waals surface area contributed by atoms with Crippen LogP contribution in [0.25, 0.3) is 10.2 Å². The number of aryl methyl sites for hydroxylation is 2. The molecule has 0 N–H and O–H groups in total. The molecule has 3 aromatic rings. The second-order valence-electron chi connectivity index (χ2n) is 7.48. The normalized spacial score (nSPS) is 13.9. The minimum absolute atomic E-state index is 0.0344. The fourth-order valence-electron chi connectivity index (χ4n) is 3.94. The molecule has 0 bridgehead atoms. The van der Waals surface area contributed by atoms with Crippen LogP contribution in [0.1, 0.15) is 52.8 Å². The number of fused-ring (bicyclic) bond motifs is 2. The fourth-order valence-corrected chi connectivity index (χ4v) is 5.10. The molecule has 1 aliphatic rings. The summed E-state index contributed by atoms with van der Waals surface area (Å²) in [7, 11) is 0. The number of benzene rings is 1. The van der Waals surface area contributed by atoms with Crippen molar-refractivity contribution in [1.82, 2.24) is 14.5 Å². The Bertz CT molecular complexity index is 1140. The van der Waals surface area contributed by atoms with Gasteiger partial charge in [-0.2, -0.15) is 0 Å². The molecular weight excluding hydrogens is 389 g/mol. The summed E-state index contributed by atoms with van der Waals surface area (Å²) in [6.45, 7) is 5.23. The average Bonchev–Trinajstić information content (AvgIpc) is 2.87. The predicted octanol–water partition coefficient (Wildman–Crippen LogP) is 4.29. The number of amides is 1. The second kappa shape index (κ2) is 8.06. The van der Waals surface area contributed by atoms with Crippen LogP contribution in [0.15, 0.2) is 29.1 Å². The smallest absolute Gasteiger partial charge is 0.264 e. The molecule has 7 heteroatoms. The van der Waals surface area contributed by atoms with E-state index >= 15 is 0 Å². The van der Waals surface area contributed by atoms with Crippen LogP contribution in [-0.2, 0) is 19.5 Å². The van der Waals surface area contributed by atoms with Crippen LogP contribution < -0.4 is 5.56 Å². The van der Waals surface area contributed by atoms with Crippen LogP contribution in [0, 0.1) is 12.7 Å². The number of hydrogen-bond donors (Lipinski definition) is 0. The molecule has 0 saturated heterocycles. The molecule has 2 aromatic heterocycles. The van der Waals surface area contributed by atoms with Crippen molar-refractivity contribution >= 4 is 27.5 Å². The SMILES string of the molecule is CCN(Cc1cccc(F)c1)C(=O)c1sc2nc3n(c(=O)c2c1C)CCCCC3. The van der Waals surface area contributed by atoms with Crippen LogP contribution >= 0.6 is 11.3 Å². The summed E-state index contributed by atoms with van der Waals surface area (Å²) in [6, 6.07) is 6.28. The Labute approximate surface area is 172 Å². The minimum Gasteiger partial charge on any atom is -0.334 e. The third-order valence-corrected chi connectivity index (χ3v) is 6.71.